The Labute approximate surface area is 124 Å². The van der Waals surface area contributed by atoms with Gasteiger partial charge in [0.2, 0.25) is 5.91 Å². The van der Waals surface area contributed by atoms with Gasteiger partial charge in [0, 0.05) is 12.6 Å². The number of nitriles is 1. The van der Waals surface area contributed by atoms with Crippen LogP contribution in [0.4, 0.5) is 5.69 Å². The second kappa shape index (κ2) is 6.89. The van der Waals surface area contributed by atoms with Crippen LogP contribution in [-0.4, -0.2) is 29.3 Å². The van der Waals surface area contributed by atoms with E-state index in [0.29, 0.717) is 11.3 Å². The maximum Gasteiger partial charge on any atom is 0.256 e. The van der Waals surface area contributed by atoms with Gasteiger partial charge in [-0.05, 0) is 38.3 Å². The Morgan fingerprint density at radius 1 is 1.38 bits per heavy atom. The lowest BCUT2D eigenvalue weighted by Gasteiger charge is -2.33. The Bertz CT molecular complexity index is 577. The number of para-hydroxylation sites is 1. The number of benzene rings is 1. The lowest BCUT2D eigenvalue weighted by atomic mass is 10.0. The Morgan fingerprint density at radius 3 is 2.86 bits per heavy atom. The summed E-state index contributed by atoms with van der Waals surface area (Å²) in [5.74, 6) is -0.459. The van der Waals surface area contributed by atoms with Crippen molar-refractivity contribution in [3.8, 4) is 6.07 Å². The van der Waals surface area contributed by atoms with E-state index < -0.39 is 5.91 Å². The van der Waals surface area contributed by atoms with Gasteiger partial charge >= 0.3 is 0 Å². The highest BCUT2D eigenvalue weighted by molar-refractivity contribution is 6.04. The number of hydrogen-bond donors (Lipinski definition) is 1. The van der Waals surface area contributed by atoms with Crippen LogP contribution in [-0.2, 0) is 4.79 Å². The molecule has 110 valence electrons. The number of likely N-dealkylation sites (tertiary alicyclic amines) is 1. The van der Waals surface area contributed by atoms with Crippen molar-refractivity contribution in [3.63, 3.8) is 0 Å². The van der Waals surface area contributed by atoms with Crippen LogP contribution < -0.4 is 5.32 Å². The fourth-order valence-electron chi connectivity index (χ4n) is 2.60. The summed E-state index contributed by atoms with van der Waals surface area (Å²) >= 11 is 0. The second-order valence-corrected chi connectivity index (χ2v) is 5.27. The van der Waals surface area contributed by atoms with Crippen molar-refractivity contribution in [1.29, 1.82) is 5.26 Å². The average molecular weight is 285 g/mol. The van der Waals surface area contributed by atoms with Crippen molar-refractivity contribution in [2.75, 3.05) is 11.9 Å². The third-order valence-corrected chi connectivity index (χ3v) is 3.74. The average Bonchev–Trinajstić information content (AvgIpc) is 2.48. The molecule has 5 heteroatoms. The normalized spacial score (nSPS) is 17.9. The molecule has 1 aliphatic heterocycles. The number of hydrogen-bond acceptors (Lipinski definition) is 3. The zero-order chi connectivity index (χ0) is 15.2. The molecule has 1 fully saturated rings. The van der Waals surface area contributed by atoms with Crippen LogP contribution >= 0.6 is 0 Å². The Hall–Kier alpha value is -2.35. The molecule has 5 nitrogen and oxygen atoms in total. The number of carbonyl (C=O) groups is 2. The van der Waals surface area contributed by atoms with E-state index in [1.54, 1.807) is 30.3 Å². The van der Waals surface area contributed by atoms with E-state index in [9.17, 15) is 9.59 Å². The lowest BCUT2D eigenvalue weighted by molar-refractivity contribution is -0.115. The molecule has 1 atom stereocenters. The molecule has 0 saturated carbocycles. The summed E-state index contributed by atoms with van der Waals surface area (Å²) in [6.45, 7) is 2.80. The molecule has 0 aromatic heterocycles. The Kier molecular flexibility index (Phi) is 4.94. The van der Waals surface area contributed by atoms with Crippen LogP contribution in [0.3, 0.4) is 0 Å². The highest BCUT2D eigenvalue weighted by atomic mass is 16.2. The maximum absolute atomic E-state index is 12.7. The first-order valence-corrected chi connectivity index (χ1v) is 7.20. The standard InChI is InChI=1S/C16H19N3O2/c1-12-6-4-5-11-19(12)16(21)13-7-2-3-8-14(13)18-15(20)9-10-17/h2-3,7-8,12H,4-6,9,11H2,1H3,(H,18,20). The molecule has 1 aromatic rings. The minimum absolute atomic E-state index is 0.0601. The lowest BCUT2D eigenvalue weighted by Crippen LogP contribution is -2.42. The van der Waals surface area contributed by atoms with Gasteiger partial charge in [-0.3, -0.25) is 9.59 Å². The SMILES string of the molecule is CC1CCCCN1C(=O)c1ccccc1NC(=O)CC#N. The number of nitrogens with zero attached hydrogens (tertiary/aromatic N) is 2. The quantitative estimate of drug-likeness (QED) is 0.927. The number of amides is 2. The molecule has 0 aliphatic carbocycles. The first kappa shape index (κ1) is 15.0. The van der Waals surface area contributed by atoms with E-state index in [1.807, 2.05) is 11.8 Å². The smallest absolute Gasteiger partial charge is 0.256 e. The number of rotatable bonds is 3. The summed E-state index contributed by atoms with van der Waals surface area (Å²) in [5, 5.41) is 11.2. The van der Waals surface area contributed by atoms with E-state index in [0.717, 1.165) is 25.8 Å². The monoisotopic (exact) mass is 285 g/mol. The molecule has 1 aliphatic rings. The molecule has 0 bridgehead atoms. The summed E-state index contributed by atoms with van der Waals surface area (Å²) in [5.41, 5.74) is 0.957. The predicted molar refractivity (Wildman–Crippen MR) is 79.7 cm³/mol. The number of piperidine rings is 1. The van der Waals surface area contributed by atoms with Crippen LogP contribution in [0.15, 0.2) is 24.3 Å². The Balaban J connectivity index is 2.21. The number of carbonyl (C=O) groups excluding carboxylic acids is 2. The zero-order valence-electron chi connectivity index (χ0n) is 12.1. The van der Waals surface area contributed by atoms with Gasteiger partial charge in [-0.2, -0.15) is 5.26 Å². The van der Waals surface area contributed by atoms with Gasteiger partial charge in [-0.15, -0.1) is 0 Å². The van der Waals surface area contributed by atoms with E-state index >= 15 is 0 Å². The zero-order valence-corrected chi connectivity index (χ0v) is 12.1. The van der Waals surface area contributed by atoms with E-state index in [1.165, 1.54) is 0 Å². The highest BCUT2D eigenvalue weighted by Gasteiger charge is 2.25. The third kappa shape index (κ3) is 3.60. The van der Waals surface area contributed by atoms with Crippen LogP contribution in [0, 0.1) is 11.3 Å². The van der Waals surface area contributed by atoms with Crippen LogP contribution in [0.5, 0.6) is 0 Å². The van der Waals surface area contributed by atoms with Gasteiger partial charge < -0.3 is 10.2 Å². The number of nitrogens with one attached hydrogen (secondary N) is 1. The molecule has 0 spiro atoms. The molecular formula is C16H19N3O2. The second-order valence-electron chi connectivity index (χ2n) is 5.27. The molecule has 1 N–H and O–H groups in total. The van der Waals surface area contributed by atoms with Gasteiger partial charge in [0.15, 0.2) is 0 Å². The van der Waals surface area contributed by atoms with Crippen molar-refractivity contribution in [1.82, 2.24) is 4.90 Å². The summed E-state index contributed by atoms with van der Waals surface area (Å²) in [6, 6.07) is 8.96. The molecular weight excluding hydrogens is 266 g/mol. The first-order chi connectivity index (χ1) is 10.1. The maximum atomic E-state index is 12.7. The summed E-state index contributed by atoms with van der Waals surface area (Å²) in [6.07, 6.45) is 2.95. The van der Waals surface area contributed by atoms with Gasteiger partial charge in [0.25, 0.3) is 5.91 Å². The van der Waals surface area contributed by atoms with Gasteiger partial charge in [0.1, 0.15) is 6.42 Å². The van der Waals surface area contributed by atoms with Crippen molar-refractivity contribution in [2.45, 2.75) is 38.6 Å². The van der Waals surface area contributed by atoms with E-state index in [2.05, 4.69) is 5.32 Å². The van der Waals surface area contributed by atoms with Crippen LogP contribution in [0.25, 0.3) is 0 Å². The van der Waals surface area contributed by atoms with Crippen molar-refractivity contribution in [2.24, 2.45) is 0 Å². The fraction of sp³-hybridized carbons (Fsp3) is 0.438. The van der Waals surface area contributed by atoms with Gasteiger partial charge in [-0.25, -0.2) is 0 Å². The molecule has 1 unspecified atom stereocenters. The van der Waals surface area contributed by atoms with Crippen molar-refractivity contribution in [3.05, 3.63) is 29.8 Å². The van der Waals surface area contributed by atoms with Crippen molar-refractivity contribution >= 4 is 17.5 Å². The predicted octanol–water partition coefficient (Wildman–Crippen LogP) is 2.55. The minimum atomic E-state index is -0.399. The molecule has 1 aromatic carbocycles. The summed E-state index contributed by atoms with van der Waals surface area (Å²) in [7, 11) is 0. The highest BCUT2D eigenvalue weighted by Crippen LogP contribution is 2.23. The van der Waals surface area contributed by atoms with Crippen LogP contribution in [0.1, 0.15) is 43.0 Å². The summed E-state index contributed by atoms with van der Waals surface area (Å²) in [4.78, 5) is 26.1. The third-order valence-electron chi connectivity index (χ3n) is 3.74. The Morgan fingerprint density at radius 2 is 2.14 bits per heavy atom. The molecule has 2 amide bonds. The largest absolute Gasteiger partial charge is 0.336 e. The minimum Gasteiger partial charge on any atom is -0.336 e. The molecule has 2 rings (SSSR count). The fourth-order valence-corrected chi connectivity index (χ4v) is 2.60. The van der Waals surface area contributed by atoms with E-state index in [-0.39, 0.29) is 18.4 Å². The molecule has 1 heterocycles. The summed E-state index contributed by atoms with van der Waals surface area (Å²) < 4.78 is 0. The molecule has 21 heavy (non-hydrogen) atoms. The van der Waals surface area contributed by atoms with Crippen LogP contribution in [0.2, 0.25) is 0 Å². The van der Waals surface area contributed by atoms with Crippen molar-refractivity contribution < 1.29 is 9.59 Å². The van der Waals surface area contributed by atoms with Gasteiger partial charge in [0.05, 0.1) is 17.3 Å². The first-order valence-electron chi connectivity index (χ1n) is 7.20. The van der Waals surface area contributed by atoms with Gasteiger partial charge in [-0.1, -0.05) is 12.1 Å². The van der Waals surface area contributed by atoms with E-state index in [4.69, 9.17) is 5.26 Å². The number of anilines is 1. The molecule has 1 saturated heterocycles. The molecule has 0 radical (unpaired) electrons. The topological polar surface area (TPSA) is 73.2 Å².